The number of anilines is 3. The monoisotopic (exact) mass is 440 g/mol. The molecule has 2 aromatic rings. The molecule has 2 rings (SSSR count). The van der Waals surface area contributed by atoms with E-state index in [0.717, 1.165) is 5.56 Å². The maximum absolute atomic E-state index is 11.6. The van der Waals surface area contributed by atoms with Gasteiger partial charge in [-0.05, 0) is 39.3 Å². The molecule has 10 heteroatoms. The van der Waals surface area contributed by atoms with Crippen molar-refractivity contribution in [1.29, 1.82) is 0 Å². The SMILES string of the molecule is CC(C)(C)OC(=O)NCCCNc1ncc(N)c(NCc2c(Cl)cccc2Cl)n1. The highest BCUT2D eigenvalue weighted by molar-refractivity contribution is 6.36. The average molecular weight is 441 g/mol. The molecule has 0 spiro atoms. The van der Waals surface area contributed by atoms with Crippen molar-refractivity contribution in [1.82, 2.24) is 15.3 Å². The van der Waals surface area contributed by atoms with Crippen molar-refractivity contribution >= 4 is 46.7 Å². The van der Waals surface area contributed by atoms with E-state index in [0.29, 0.717) is 53.6 Å². The Hall–Kier alpha value is -2.45. The third-order valence-corrected chi connectivity index (χ3v) is 4.32. The van der Waals surface area contributed by atoms with Crippen LogP contribution in [0.2, 0.25) is 10.0 Å². The molecular formula is C19H26Cl2N6O2. The maximum atomic E-state index is 11.6. The number of nitrogen functional groups attached to an aromatic ring is 1. The summed E-state index contributed by atoms with van der Waals surface area (Å²) in [6, 6.07) is 5.32. The molecule has 8 nitrogen and oxygen atoms in total. The minimum Gasteiger partial charge on any atom is -0.444 e. The number of rotatable bonds is 8. The molecule has 0 radical (unpaired) electrons. The highest BCUT2D eigenvalue weighted by Crippen LogP contribution is 2.26. The lowest BCUT2D eigenvalue weighted by atomic mass is 10.2. The Morgan fingerprint density at radius 1 is 1.17 bits per heavy atom. The lowest BCUT2D eigenvalue weighted by Crippen LogP contribution is -2.33. The van der Waals surface area contributed by atoms with Crippen LogP contribution in [0.1, 0.15) is 32.8 Å². The Bertz CT molecular complexity index is 822. The van der Waals surface area contributed by atoms with Gasteiger partial charge < -0.3 is 26.4 Å². The third-order valence-electron chi connectivity index (χ3n) is 3.62. The number of benzene rings is 1. The number of carbonyl (C=O) groups is 1. The van der Waals surface area contributed by atoms with Gasteiger partial charge in [-0.1, -0.05) is 29.3 Å². The van der Waals surface area contributed by atoms with Gasteiger partial charge in [-0.2, -0.15) is 4.98 Å². The van der Waals surface area contributed by atoms with Crippen LogP contribution in [0, 0.1) is 0 Å². The summed E-state index contributed by atoms with van der Waals surface area (Å²) in [5.41, 5.74) is 6.60. The third kappa shape index (κ3) is 7.83. The second-order valence-corrected chi connectivity index (χ2v) is 8.07. The van der Waals surface area contributed by atoms with E-state index < -0.39 is 11.7 Å². The Labute approximate surface area is 180 Å². The molecule has 1 amide bonds. The zero-order valence-corrected chi connectivity index (χ0v) is 18.2. The standard InChI is InChI=1S/C19H26Cl2N6O2/c1-19(2,3)29-18(28)24-9-5-8-23-17-26-11-15(22)16(27-17)25-10-12-13(20)6-4-7-14(12)21/h4,6-7,11H,5,8-10,22H2,1-3H3,(H,24,28)(H2,23,25,26,27). The summed E-state index contributed by atoms with van der Waals surface area (Å²) in [7, 11) is 0. The minimum absolute atomic E-state index is 0.374. The van der Waals surface area contributed by atoms with E-state index in [4.69, 9.17) is 33.7 Å². The van der Waals surface area contributed by atoms with E-state index in [1.54, 1.807) is 18.2 Å². The Kier molecular flexibility index (Phi) is 8.16. The molecule has 0 aliphatic rings. The van der Waals surface area contributed by atoms with Crippen LogP contribution in [-0.4, -0.2) is 34.8 Å². The number of hydrogen-bond acceptors (Lipinski definition) is 7. The summed E-state index contributed by atoms with van der Waals surface area (Å²) in [6.45, 7) is 6.86. The van der Waals surface area contributed by atoms with Crippen LogP contribution in [0.3, 0.4) is 0 Å². The van der Waals surface area contributed by atoms with Gasteiger partial charge in [0.05, 0.1) is 11.9 Å². The van der Waals surface area contributed by atoms with Gasteiger partial charge in [-0.25, -0.2) is 9.78 Å². The van der Waals surface area contributed by atoms with Crippen molar-refractivity contribution in [3.8, 4) is 0 Å². The Morgan fingerprint density at radius 3 is 2.52 bits per heavy atom. The van der Waals surface area contributed by atoms with E-state index in [1.165, 1.54) is 6.20 Å². The van der Waals surface area contributed by atoms with Crippen molar-refractivity contribution in [2.75, 3.05) is 29.5 Å². The van der Waals surface area contributed by atoms with Crippen LogP contribution in [0.15, 0.2) is 24.4 Å². The first-order valence-electron chi connectivity index (χ1n) is 9.15. The molecule has 0 saturated heterocycles. The van der Waals surface area contributed by atoms with Gasteiger partial charge >= 0.3 is 6.09 Å². The molecule has 0 aliphatic carbocycles. The first-order chi connectivity index (χ1) is 13.7. The summed E-state index contributed by atoms with van der Waals surface area (Å²) < 4.78 is 5.18. The number of halogens is 2. The normalized spacial score (nSPS) is 11.1. The second kappa shape index (κ2) is 10.4. The molecule has 0 aliphatic heterocycles. The molecule has 0 fully saturated rings. The number of aromatic nitrogens is 2. The molecule has 0 bridgehead atoms. The minimum atomic E-state index is -0.516. The highest BCUT2D eigenvalue weighted by atomic mass is 35.5. The molecule has 1 aromatic heterocycles. The smallest absolute Gasteiger partial charge is 0.407 e. The highest BCUT2D eigenvalue weighted by Gasteiger charge is 2.15. The fraction of sp³-hybridized carbons (Fsp3) is 0.421. The largest absolute Gasteiger partial charge is 0.444 e. The number of ether oxygens (including phenoxy) is 1. The summed E-state index contributed by atoms with van der Waals surface area (Å²) in [5, 5.41) is 10.0. The molecule has 29 heavy (non-hydrogen) atoms. The number of nitrogens with one attached hydrogen (secondary N) is 3. The molecule has 1 heterocycles. The van der Waals surface area contributed by atoms with Gasteiger partial charge in [0.1, 0.15) is 5.60 Å². The fourth-order valence-electron chi connectivity index (χ4n) is 2.28. The molecule has 5 N–H and O–H groups in total. The van der Waals surface area contributed by atoms with Gasteiger partial charge in [-0.3, -0.25) is 0 Å². The average Bonchev–Trinajstić information content (AvgIpc) is 2.61. The molecule has 1 aromatic carbocycles. The summed E-state index contributed by atoms with van der Waals surface area (Å²) in [4.78, 5) is 20.1. The zero-order chi connectivity index (χ0) is 21.4. The van der Waals surface area contributed by atoms with E-state index in [-0.39, 0.29) is 0 Å². The lowest BCUT2D eigenvalue weighted by molar-refractivity contribution is 0.0528. The van der Waals surface area contributed by atoms with Crippen LogP contribution < -0.4 is 21.7 Å². The van der Waals surface area contributed by atoms with Gasteiger partial charge in [0.15, 0.2) is 5.82 Å². The fourth-order valence-corrected chi connectivity index (χ4v) is 2.82. The summed E-state index contributed by atoms with van der Waals surface area (Å²) in [5.74, 6) is 0.898. The number of carbonyl (C=O) groups excluding carboxylic acids is 1. The lowest BCUT2D eigenvalue weighted by Gasteiger charge is -2.19. The number of nitrogens with zero attached hydrogens (tertiary/aromatic N) is 2. The topological polar surface area (TPSA) is 114 Å². The van der Waals surface area contributed by atoms with Crippen LogP contribution in [0.4, 0.5) is 22.2 Å². The second-order valence-electron chi connectivity index (χ2n) is 7.26. The predicted octanol–water partition coefficient (Wildman–Crippen LogP) is 4.30. The van der Waals surface area contributed by atoms with Crippen molar-refractivity contribution < 1.29 is 9.53 Å². The predicted molar refractivity (Wildman–Crippen MR) is 118 cm³/mol. The molecule has 0 saturated carbocycles. The van der Waals surface area contributed by atoms with E-state index in [9.17, 15) is 4.79 Å². The van der Waals surface area contributed by atoms with Crippen LogP contribution >= 0.6 is 23.2 Å². The first kappa shape index (κ1) is 22.8. The number of amides is 1. The van der Waals surface area contributed by atoms with Crippen molar-refractivity contribution in [3.05, 3.63) is 40.0 Å². The summed E-state index contributed by atoms with van der Waals surface area (Å²) >= 11 is 12.4. The van der Waals surface area contributed by atoms with Crippen molar-refractivity contribution in [2.24, 2.45) is 0 Å². The molecule has 0 atom stereocenters. The molecule has 0 unspecified atom stereocenters. The quantitative estimate of drug-likeness (QED) is 0.452. The van der Waals surface area contributed by atoms with Crippen LogP contribution in [-0.2, 0) is 11.3 Å². The van der Waals surface area contributed by atoms with Crippen molar-refractivity contribution in [2.45, 2.75) is 39.3 Å². The van der Waals surface area contributed by atoms with Gasteiger partial charge in [0, 0.05) is 35.2 Å². The zero-order valence-electron chi connectivity index (χ0n) is 16.7. The van der Waals surface area contributed by atoms with E-state index in [2.05, 4.69) is 25.9 Å². The van der Waals surface area contributed by atoms with E-state index in [1.807, 2.05) is 20.8 Å². The molecule has 158 valence electrons. The van der Waals surface area contributed by atoms with Gasteiger partial charge in [0.25, 0.3) is 0 Å². The Balaban J connectivity index is 1.82. The van der Waals surface area contributed by atoms with Crippen molar-refractivity contribution in [3.63, 3.8) is 0 Å². The van der Waals surface area contributed by atoms with Gasteiger partial charge in [-0.15, -0.1) is 0 Å². The van der Waals surface area contributed by atoms with Crippen LogP contribution in [0.25, 0.3) is 0 Å². The number of alkyl carbamates (subject to hydrolysis) is 1. The van der Waals surface area contributed by atoms with E-state index >= 15 is 0 Å². The number of nitrogens with two attached hydrogens (primary N) is 1. The number of hydrogen-bond donors (Lipinski definition) is 4. The van der Waals surface area contributed by atoms with Crippen LogP contribution in [0.5, 0.6) is 0 Å². The summed E-state index contributed by atoms with van der Waals surface area (Å²) in [6.07, 6.45) is 1.75. The molecular weight excluding hydrogens is 415 g/mol. The maximum Gasteiger partial charge on any atom is 0.407 e. The Morgan fingerprint density at radius 2 is 1.86 bits per heavy atom. The van der Waals surface area contributed by atoms with Gasteiger partial charge in [0.2, 0.25) is 5.95 Å². The first-order valence-corrected chi connectivity index (χ1v) is 9.91.